The number of nitrogens with one attached hydrogen (secondary N) is 2. The summed E-state index contributed by atoms with van der Waals surface area (Å²) in [6.45, 7) is 0.400. The molecule has 0 spiro atoms. The molecule has 0 radical (unpaired) electrons. The second-order valence-electron chi connectivity index (χ2n) is 6.39. The molecule has 2 aromatic rings. The molecular weight excluding hydrogens is 436 g/mol. The smallest absolute Gasteiger partial charge is 0.303 e. The van der Waals surface area contributed by atoms with Crippen LogP contribution in [0.3, 0.4) is 0 Å². The van der Waals surface area contributed by atoms with Crippen molar-refractivity contribution in [2.45, 2.75) is 25.7 Å². The van der Waals surface area contributed by atoms with E-state index in [1.807, 2.05) is 30.3 Å². The first-order valence-electron chi connectivity index (χ1n) is 9.29. The van der Waals surface area contributed by atoms with E-state index >= 15 is 0 Å². The molecule has 0 fully saturated rings. The van der Waals surface area contributed by atoms with Gasteiger partial charge in [-0.2, -0.15) is 0 Å². The number of benzene rings is 2. The van der Waals surface area contributed by atoms with Gasteiger partial charge in [0.05, 0.1) is 0 Å². The summed E-state index contributed by atoms with van der Waals surface area (Å²) in [5.74, 6) is -1.58. The van der Waals surface area contributed by atoms with Crippen LogP contribution in [0.25, 0.3) is 6.08 Å². The maximum Gasteiger partial charge on any atom is 0.303 e. The lowest BCUT2D eigenvalue weighted by Crippen LogP contribution is -2.35. The molecule has 0 aliphatic carbocycles. The van der Waals surface area contributed by atoms with Crippen LogP contribution in [0.1, 0.15) is 41.6 Å². The summed E-state index contributed by atoms with van der Waals surface area (Å²) in [5, 5.41) is 14.1. The van der Waals surface area contributed by atoms with E-state index in [-0.39, 0.29) is 18.0 Å². The van der Waals surface area contributed by atoms with Crippen LogP contribution in [-0.2, 0) is 9.59 Å². The molecule has 0 atom stereocenters. The number of carbonyl (C=O) groups is 3. The van der Waals surface area contributed by atoms with Crippen molar-refractivity contribution in [2.24, 2.45) is 0 Å². The van der Waals surface area contributed by atoms with Gasteiger partial charge >= 0.3 is 5.97 Å². The van der Waals surface area contributed by atoms with Gasteiger partial charge in [-0.05, 0) is 48.7 Å². The largest absolute Gasteiger partial charge is 0.481 e. The van der Waals surface area contributed by atoms with Crippen molar-refractivity contribution in [3.05, 3.63) is 75.9 Å². The van der Waals surface area contributed by atoms with Gasteiger partial charge in [-0.15, -0.1) is 0 Å². The maximum absolute atomic E-state index is 12.6. The van der Waals surface area contributed by atoms with Gasteiger partial charge in [-0.1, -0.05) is 52.7 Å². The normalized spacial score (nSPS) is 11.0. The third-order valence-corrected chi connectivity index (χ3v) is 4.59. The number of hydrogen-bond donors (Lipinski definition) is 3. The summed E-state index contributed by atoms with van der Waals surface area (Å²) < 4.78 is 0.912. The molecule has 0 bridgehead atoms. The molecule has 2 aromatic carbocycles. The van der Waals surface area contributed by atoms with E-state index in [0.29, 0.717) is 31.4 Å². The zero-order valence-electron chi connectivity index (χ0n) is 15.9. The van der Waals surface area contributed by atoms with E-state index < -0.39 is 11.9 Å². The molecule has 2 amide bonds. The predicted octanol–water partition coefficient (Wildman–Crippen LogP) is 3.98. The van der Waals surface area contributed by atoms with Gasteiger partial charge in [0.1, 0.15) is 5.70 Å². The Labute approximate surface area is 178 Å². The number of rotatable bonds is 10. The van der Waals surface area contributed by atoms with E-state index in [4.69, 9.17) is 5.11 Å². The predicted molar refractivity (Wildman–Crippen MR) is 115 cm³/mol. The van der Waals surface area contributed by atoms with Crippen LogP contribution in [0.2, 0.25) is 0 Å². The average Bonchev–Trinajstić information content (AvgIpc) is 2.71. The van der Waals surface area contributed by atoms with Crippen LogP contribution < -0.4 is 10.6 Å². The molecule has 6 nitrogen and oxygen atoms in total. The van der Waals surface area contributed by atoms with Crippen molar-refractivity contribution in [2.75, 3.05) is 6.54 Å². The zero-order chi connectivity index (χ0) is 21.1. The topological polar surface area (TPSA) is 95.5 Å². The summed E-state index contributed by atoms with van der Waals surface area (Å²) in [7, 11) is 0. The number of carbonyl (C=O) groups excluding carboxylic acids is 2. The molecule has 0 saturated heterocycles. The van der Waals surface area contributed by atoms with Crippen LogP contribution in [0.5, 0.6) is 0 Å². The Morgan fingerprint density at radius 2 is 1.62 bits per heavy atom. The lowest BCUT2D eigenvalue weighted by molar-refractivity contribution is -0.137. The minimum atomic E-state index is -0.822. The highest BCUT2D eigenvalue weighted by Gasteiger charge is 2.14. The minimum absolute atomic E-state index is 0.121. The maximum atomic E-state index is 12.6. The molecule has 2 rings (SSSR count). The molecule has 0 saturated carbocycles. The fraction of sp³-hybridized carbons (Fsp3) is 0.227. The molecular formula is C22H23BrN2O4. The van der Waals surface area contributed by atoms with Crippen molar-refractivity contribution in [1.82, 2.24) is 10.6 Å². The number of aliphatic carboxylic acids is 1. The number of carboxylic acids is 1. The first kappa shape index (κ1) is 22.4. The Morgan fingerprint density at radius 1 is 0.931 bits per heavy atom. The van der Waals surface area contributed by atoms with Gasteiger partial charge in [-0.3, -0.25) is 14.4 Å². The molecule has 7 heteroatoms. The van der Waals surface area contributed by atoms with Gasteiger partial charge < -0.3 is 15.7 Å². The minimum Gasteiger partial charge on any atom is -0.481 e. The molecule has 3 N–H and O–H groups in total. The number of carboxylic acid groups (broad SMARTS) is 1. The zero-order valence-corrected chi connectivity index (χ0v) is 17.4. The average molecular weight is 459 g/mol. The van der Waals surface area contributed by atoms with E-state index in [0.717, 1.165) is 10.0 Å². The van der Waals surface area contributed by atoms with E-state index in [9.17, 15) is 14.4 Å². The van der Waals surface area contributed by atoms with Gasteiger partial charge in [0.15, 0.2) is 0 Å². The second kappa shape index (κ2) is 11.8. The van der Waals surface area contributed by atoms with Crippen molar-refractivity contribution < 1.29 is 19.5 Å². The van der Waals surface area contributed by atoms with E-state index in [2.05, 4.69) is 26.6 Å². The molecule has 0 unspecified atom stereocenters. The number of halogens is 1. The van der Waals surface area contributed by atoms with Crippen molar-refractivity contribution >= 4 is 39.8 Å². The summed E-state index contributed by atoms with van der Waals surface area (Å²) in [6.07, 6.45) is 3.67. The molecule has 0 aliphatic rings. The van der Waals surface area contributed by atoms with Gasteiger partial charge in [0.2, 0.25) is 0 Å². The van der Waals surface area contributed by atoms with Crippen molar-refractivity contribution in [3.63, 3.8) is 0 Å². The van der Waals surface area contributed by atoms with Gasteiger partial charge in [-0.25, -0.2) is 0 Å². The van der Waals surface area contributed by atoms with Crippen molar-refractivity contribution in [1.29, 1.82) is 0 Å². The van der Waals surface area contributed by atoms with E-state index in [1.165, 1.54) is 0 Å². The standard InChI is InChI=1S/C22H23BrN2O4/c23-18-12-10-16(11-13-18)15-19(25-21(28)17-7-3-1-4-8-17)22(29)24-14-6-2-5-9-20(26)27/h1,3-4,7-8,10-13,15H,2,5-6,9,14H2,(H,24,29)(H,25,28)(H,26,27). The Balaban J connectivity index is 2.03. The highest BCUT2D eigenvalue weighted by Crippen LogP contribution is 2.13. The fourth-order valence-electron chi connectivity index (χ4n) is 2.54. The lowest BCUT2D eigenvalue weighted by Gasteiger charge is -2.11. The second-order valence-corrected chi connectivity index (χ2v) is 7.31. The third kappa shape index (κ3) is 8.31. The summed E-state index contributed by atoms with van der Waals surface area (Å²) in [4.78, 5) is 35.6. The van der Waals surface area contributed by atoms with Crippen LogP contribution in [0, 0.1) is 0 Å². The highest BCUT2D eigenvalue weighted by molar-refractivity contribution is 9.10. The van der Waals surface area contributed by atoms with Gasteiger partial charge in [0, 0.05) is 23.0 Å². The monoisotopic (exact) mass is 458 g/mol. The SMILES string of the molecule is O=C(O)CCCCCNC(=O)C(=Cc1ccc(Br)cc1)NC(=O)c1ccccc1. The molecule has 0 heterocycles. The fourth-order valence-corrected chi connectivity index (χ4v) is 2.81. The lowest BCUT2D eigenvalue weighted by atomic mass is 10.1. The summed E-state index contributed by atoms with van der Waals surface area (Å²) in [6, 6.07) is 16.0. The first-order valence-corrected chi connectivity index (χ1v) is 10.1. The quantitative estimate of drug-likeness (QED) is 0.370. The van der Waals surface area contributed by atoms with Crippen LogP contribution in [0.15, 0.2) is 64.8 Å². The number of amides is 2. The number of unbranched alkanes of at least 4 members (excludes halogenated alkanes) is 2. The van der Waals surface area contributed by atoms with E-state index in [1.54, 1.807) is 30.3 Å². The highest BCUT2D eigenvalue weighted by atomic mass is 79.9. The van der Waals surface area contributed by atoms with Crippen LogP contribution in [0.4, 0.5) is 0 Å². The summed E-state index contributed by atoms with van der Waals surface area (Å²) >= 11 is 3.37. The Hall–Kier alpha value is -2.93. The van der Waals surface area contributed by atoms with Crippen LogP contribution >= 0.6 is 15.9 Å². The Morgan fingerprint density at radius 3 is 2.28 bits per heavy atom. The molecule has 152 valence electrons. The molecule has 29 heavy (non-hydrogen) atoms. The Bertz CT molecular complexity index is 864. The molecule has 0 aliphatic heterocycles. The molecule has 0 aromatic heterocycles. The Kier molecular flexibility index (Phi) is 9.11. The third-order valence-electron chi connectivity index (χ3n) is 4.06. The van der Waals surface area contributed by atoms with Crippen molar-refractivity contribution in [3.8, 4) is 0 Å². The number of hydrogen-bond acceptors (Lipinski definition) is 3. The van der Waals surface area contributed by atoms with Gasteiger partial charge in [0.25, 0.3) is 11.8 Å². The first-order chi connectivity index (χ1) is 14.0. The van der Waals surface area contributed by atoms with Crippen LogP contribution in [-0.4, -0.2) is 29.4 Å². The summed E-state index contributed by atoms with van der Waals surface area (Å²) in [5.41, 5.74) is 1.37.